The van der Waals surface area contributed by atoms with E-state index < -0.39 is 5.91 Å². The fourth-order valence-electron chi connectivity index (χ4n) is 3.41. The number of ether oxygens (including phenoxy) is 3. The van der Waals surface area contributed by atoms with Crippen molar-refractivity contribution in [1.29, 1.82) is 5.26 Å². The van der Waals surface area contributed by atoms with Crippen molar-refractivity contribution in [3.63, 3.8) is 0 Å². The number of methoxy groups -OCH3 is 3. The van der Waals surface area contributed by atoms with Crippen molar-refractivity contribution in [2.45, 2.75) is 0 Å². The van der Waals surface area contributed by atoms with Gasteiger partial charge in [-0.15, -0.1) is 22.7 Å². The number of benzene rings is 1. The molecule has 12 heteroatoms. The Bertz CT molecular complexity index is 1380. The molecule has 168 valence electrons. The largest absolute Gasteiger partial charge is 0.493 e. The Labute approximate surface area is 196 Å². The van der Waals surface area contributed by atoms with Crippen LogP contribution in [0.5, 0.6) is 17.2 Å². The number of fused-ring (bicyclic) bond motifs is 1. The summed E-state index contributed by atoms with van der Waals surface area (Å²) in [7, 11) is 4.47. The van der Waals surface area contributed by atoms with Crippen LogP contribution >= 0.6 is 22.7 Å². The Morgan fingerprint density at radius 1 is 1.15 bits per heavy atom. The van der Waals surface area contributed by atoms with E-state index in [0.29, 0.717) is 43.7 Å². The van der Waals surface area contributed by atoms with Gasteiger partial charge >= 0.3 is 0 Å². The number of amides is 1. The van der Waals surface area contributed by atoms with Gasteiger partial charge in [-0.05, 0) is 17.7 Å². The van der Waals surface area contributed by atoms with E-state index in [9.17, 15) is 10.1 Å². The molecule has 0 spiro atoms. The van der Waals surface area contributed by atoms with Crippen molar-refractivity contribution in [3.05, 3.63) is 34.2 Å². The standard InChI is InChI=1S/C21H18N6O4S2/c1-29-11-6-9(7-12(30-2)16(11)31-3)13-10(8-22)18(24)26-20-14(13)15(23)17(33-20)19(28)27-21-25-4-5-32-21/h4-7H,23H2,1-3H3,(H2,24,26)(H,25,27,28). The zero-order valence-electron chi connectivity index (χ0n) is 17.8. The van der Waals surface area contributed by atoms with Crippen molar-refractivity contribution < 1.29 is 19.0 Å². The molecule has 0 fully saturated rings. The van der Waals surface area contributed by atoms with Crippen LogP contribution in [0.4, 0.5) is 16.6 Å². The Balaban J connectivity index is 1.99. The minimum absolute atomic E-state index is 0.0156. The summed E-state index contributed by atoms with van der Waals surface area (Å²) in [6.45, 7) is 0. The quantitative estimate of drug-likeness (QED) is 0.372. The van der Waals surface area contributed by atoms with Crippen molar-refractivity contribution in [3.8, 4) is 34.4 Å². The van der Waals surface area contributed by atoms with Crippen LogP contribution < -0.4 is 31.0 Å². The van der Waals surface area contributed by atoms with Crippen LogP contribution in [-0.2, 0) is 0 Å². The molecule has 0 aliphatic rings. The van der Waals surface area contributed by atoms with Crippen LogP contribution in [0.25, 0.3) is 21.3 Å². The highest BCUT2D eigenvalue weighted by Crippen LogP contribution is 2.47. The second-order valence-corrected chi connectivity index (χ2v) is 8.48. The van der Waals surface area contributed by atoms with Crippen molar-refractivity contribution >= 4 is 55.4 Å². The van der Waals surface area contributed by atoms with Gasteiger partial charge in [0.2, 0.25) is 5.75 Å². The Hall–Kier alpha value is -4.08. The minimum Gasteiger partial charge on any atom is -0.493 e. The molecule has 0 saturated carbocycles. The van der Waals surface area contributed by atoms with Crippen molar-refractivity contribution in [2.75, 3.05) is 38.1 Å². The molecular formula is C21H18N6O4S2. The number of nitriles is 1. The number of anilines is 3. The Kier molecular flexibility index (Phi) is 5.91. The normalized spacial score (nSPS) is 10.6. The van der Waals surface area contributed by atoms with Gasteiger partial charge < -0.3 is 25.7 Å². The second kappa shape index (κ2) is 8.81. The molecule has 0 unspecified atom stereocenters. The summed E-state index contributed by atoms with van der Waals surface area (Å²) in [6, 6.07) is 5.47. The molecule has 3 heterocycles. The van der Waals surface area contributed by atoms with E-state index in [2.05, 4.69) is 21.4 Å². The van der Waals surface area contributed by atoms with Gasteiger partial charge in [-0.1, -0.05) is 0 Å². The first-order valence-corrected chi connectivity index (χ1v) is 11.1. The van der Waals surface area contributed by atoms with Crippen LogP contribution in [0.1, 0.15) is 15.2 Å². The van der Waals surface area contributed by atoms with Gasteiger partial charge in [0.25, 0.3) is 5.91 Å². The smallest absolute Gasteiger partial charge is 0.269 e. The summed E-state index contributed by atoms with van der Waals surface area (Å²) in [5, 5.41) is 15.2. The highest BCUT2D eigenvalue weighted by molar-refractivity contribution is 7.21. The Morgan fingerprint density at radius 3 is 2.39 bits per heavy atom. The van der Waals surface area contributed by atoms with Gasteiger partial charge in [0, 0.05) is 22.5 Å². The molecule has 4 aromatic rings. The number of nitrogens with one attached hydrogen (secondary N) is 1. The molecule has 0 atom stereocenters. The number of hydrogen-bond donors (Lipinski definition) is 3. The molecule has 33 heavy (non-hydrogen) atoms. The van der Waals surface area contributed by atoms with E-state index in [0.717, 1.165) is 11.3 Å². The third-order valence-electron chi connectivity index (χ3n) is 4.83. The predicted octanol–water partition coefficient (Wildman–Crippen LogP) is 3.73. The van der Waals surface area contributed by atoms with Gasteiger partial charge in [-0.25, -0.2) is 9.97 Å². The number of nitrogen functional groups attached to an aromatic ring is 2. The van der Waals surface area contributed by atoms with E-state index in [-0.39, 0.29) is 21.9 Å². The number of rotatable bonds is 6. The lowest BCUT2D eigenvalue weighted by molar-refractivity contribution is 0.103. The molecule has 1 amide bonds. The number of hydrogen-bond acceptors (Lipinski definition) is 11. The van der Waals surface area contributed by atoms with Gasteiger partial charge in [0.1, 0.15) is 27.2 Å². The van der Waals surface area contributed by atoms with Gasteiger partial charge in [0.15, 0.2) is 16.6 Å². The van der Waals surface area contributed by atoms with Crippen LogP contribution in [0.15, 0.2) is 23.7 Å². The molecule has 0 radical (unpaired) electrons. The molecule has 0 bridgehead atoms. The summed E-state index contributed by atoms with van der Waals surface area (Å²) in [4.78, 5) is 21.9. The van der Waals surface area contributed by atoms with Gasteiger partial charge in [-0.2, -0.15) is 5.26 Å². The van der Waals surface area contributed by atoms with E-state index >= 15 is 0 Å². The lowest BCUT2D eigenvalue weighted by Gasteiger charge is -2.16. The number of carbonyl (C=O) groups excluding carboxylic acids is 1. The lowest BCUT2D eigenvalue weighted by atomic mass is 9.96. The highest BCUT2D eigenvalue weighted by Gasteiger charge is 2.26. The van der Waals surface area contributed by atoms with Crippen LogP contribution in [0.2, 0.25) is 0 Å². The van der Waals surface area contributed by atoms with Crippen LogP contribution in [-0.4, -0.2) is 37.2 Å². The minimum atomic E-state index is -0.432. The summed E-state index contributed by atoms with van der Waals surface area (Å²) in [5.74, 6) is 0.743. The first-order chi connectivity index (χ1) is 15.9. The van der Waals surface area contributed by atoms with Crippen molar-refractivity contribution in [1.82, 2.24) is 9.97 Å². The third kappa shape index (κ3) is 3.73. The average Bonchev–Trinajstić information content (AvgIpc) is 3.44. The zero-order valence-corrected chi connectivity index (χ0v) is 19.4. The maximum atomic E-state index is 12.9. The fraction of sp³-hybridized carbons (Fsp3) is 0.143. The fourth-order valence-corrected chi connectivity index (χ4v) is 4.94. The molecule has 3 aromatic heterocycles. The molecule has 10 nitrogen and oxygen atoms in total. The average molecular weight is 483 g/mol. The van der Waals surface area contributed by atoms with Crippen LogP contribution in [0, 0.1) is 11.3 Å². The van der Waals surface area contributed by atoms with E-state index in [1.807, 2.05) is 0 Å². The van der Waals surface area contributed by atoms with Crippen molar-refractivity contribution in [2.24, 2.45) is 0 Å². The Morgan fingerprint density at radius 2 is 1.85 bits per heavy atom. The topological polar surface area (TPSA) is 158 Å². The molecule has 0 aliphatic carbocycles. The highest BCUT2D eigenvalue weighted by atomic mass is 32.1. The maximum absolute atomic E-state index is 12.9. The summed E-state index contributed by atoms with van der Waals surface area (Å²) in [5.41, 5.74) is 13.8. The molecule has 1 aromatic carbocycles. The number of nitrogens with zero attached hydrogens (tertiary/aromatic N) is 3. The number of pyridine rings is 1. The molecule has 0 aliphatic heterocycles. The number of thiazole rings is 1. The summed E-state index contributed by atoms with van der Waals surface area (Å²) in [6.07, 6.45) is 1.58. The lowest BCUT2D eigenvalue weighted by Crippen LogP contribution is -2.11. The first kappa shape index (κ1) is 22.1. The maximum Gasteiger partial charge on any atom is 0.269 e. The third-order valence-corrected chi connectivity index (χ3v) is 6.62. The van der Waals surface area contributed by atoms with Crippen LogP contribution in [0.3, 0.4) is 0 Å². The first-order valence-electron chi connectivity index (χ1n) is 9.36. The number of aromatic nitrogens is 2. The predicted molar refractivity (Wildman–Crippen MR) is 128 cm³/mol. The van der Waals surface area contributed by atoms with E-state index in [1.165, 1.54) is 32.7 Å². The van der Waals surface area contributed by atoms with E-state index in [4.69, 9.17) is 25.7 Å². The molecule has 0 saturated heterocycles. The summed E-state index contributed by atoms with van der Waals surface area (Å²) < 4.78 is 16.3. The SMILES string of the molecule is COc1cc(-c2c(C#N)c(N)nc3sc(C(=O)Nc4nccs4)c(N)c23)cc(OC)c1OC. The number of thiophene rings is 1. The monoisotopic (exact) mass is 482 g/mol. The van der Waals surface area contributed by atoms with E-state index in [1.54, 1.807) is 23.7 Å². The summed E-state index contributed by atoms with van der Waals surface area (Å²) >= 11 is 2.36. The van der Waals surface area contributed by atoms with Gasteiger partial charge in [-0.3, -0.25) is 10.1 Å². The molecular weight excluding hydrogens is 464 g/mol. The zero-order chi connectivity index (χ0) is 23.7. The molecule has 4 rings (SSSR count). The molecule has 5 N–H and O–H groups in total. The number of nitrogens with two attached hydrogens (primary N) is 2. The second-order valence-electron chi connectivity index (χ2n) is 6.59. The number of carbonyl (C=O) groups is 1. The van der Waals surface area contributed by atoms with Gasteiger partial charge in [0.05, 0.1) is 27.0 Å².